The van der Waals surface area contributed by atoms with Crippen LogP contribution >= 0.6 is 0 Å². The molecule has 0 aliphatic heterocycles. The number of hydrogen-bond acceptors (Lipinski definition) is 2. The minimum Gasteiger partial charge on any atom is -0.363 e. The molecule has 0 aromatic heterocycles. The van der Waals surface area contributed by atoms with Gasteiger partial charge in [0, 0.05) is 0 Å². The van der Waals surface area contributed by atoms with E-state index in [0.717, 1.165) is 0 Å². The molecular formula is C12H22O2. The largest absolute Gasteiger partial charge is 0.363 e. The molecule has 0 N–H and O–H groups in total. The van der Waals surface area contributed by atoms with Crippen LogP contribution in [0.2, 0.25) is 0 Å². The Labute approximate surface area is 88.0 Å². The minimum absolute atomic E-state index is 0.0202. The van der Waals surface area contributed by atoms with Gasteiger partial charge in [0.2, 0.25) is 0 Å². The Hall–Kier alpha value is -0.520. The van der Waals surface area contributed by atoms with Gasteiger partial charge in [0.15, 0.2) is 0 Å². The molecule has 2 atom stereocenters. The van der Waals surface area contributed by atoms with Crippen molar-refractivity contribution in [2.24, 2.45) is 0 Å². The van der Waals surface area contributed by atoms with Gasteiger partial charge >= 0.3 is 0 Å². The molecule has 0 amide bonds. The summed E-state index contributed by atoms with van der Waals surface area (Å²) >= 11 is 0. The summed E-state index contributed by atoms with van der Waals surface area (Å²) in [6, 6.07) is 0. The molecule has 0 aromatic rings. The number of hydrogen-bond donors (Lipinski definition) is 0. The van der Waals surface area contributed by atoms with Crippen LogP contribution in [0.15, 0.2) is 0 Å². The fraction of sp³-hybridized carbons (Fsp3) is 0.833. The van der Waals surface area contributed by atoms with Crippen LogP contribution in [0.1, 0.15) is 41.5 Å². The van der Waals surface area contributed by atoms with E-state index in [2.05, 4.69) is 11.8 Å². The van der Waals surface area contributed by atoms with Gasteiger partial charge in [0.1, 0.15) is 12.2 Å². The highest BCUT2D eigenvalue weighted by Crippen LogP contribution is 1.98. The first-order valence-electron chi connectivity index (χ1n) is 5.23. The maximum absolute atomic E-state index is 5.48. The van der Waals surface area contributed by atoms with Gasteiger partial charge < -0.3 is 9.47 Å². The first-order valence-corrected chi connectivity index (χ1v) is 5.23. The highest BCUT2D eigenvalue weighted by atomic mass is 16.5. The van der Waals surface area contributed by atoms with Gasteiger partial charge in [-0.1, -0.05) is 11.8 Å². The molecule has 0 heterocycles. The van der Waals surface area contributed by atoms with Crippen molar-refractivity contribution in [1.82, 2.24) is 0 Å². The second-order valence-electron chi connectivity index (χ2n) is 3.94. The Morgan fingerprint density at radius 1 is 0.643 bits per heavy atom. The summed E-state index contributed by atoms with van der Waals surface area (Å²) in [6.45, 7) is 11.9. The molecule has 0 bridgehead atoms. The first kappa shape index (κ1) is 13.5. The Morgan fingerprint density at radius 3 is 1.14 bits per heavy atom. The van der Waals surface area contributed by atoms with E-state index in [4.69, 9.17) is 9.47 Å². The van der Waals surface area contributed by atoms with Crippen LogP contribution in [-0.4, -0.2) is 24.4 Å². The molecule has 0 aromatic carbocycles. The lowest BCUT2D eigenvalue weighted by molar-refractivity contribution is 0.0452. The fourth-order valence-electron chi connectivity index (χ4n) is 1.12. The quantitative estimate of drug-likeness (QED) is 0.646. The highest BCUT2D eigenvalue weighted by molar-refractivity contribution is 5.07. The third-order valence-corrected chi connectivity index (χ3v) is 1.44. The van der Waals surface area contributed by atoms with Crippen LogP contribution in [-0.2, 0) is 9.47 Å². The van der Waals surface area contributed by atoms with Gasteiger partial charge in [-0.05, 0) is 41.5 Å². The van der Waals surface area contributed by atoms with E-state index in [0.29, 0.717) is 0 Å². The van der Waals surface area contributed by atoms with Crippen LogP contribution in [0.3, 0.4) is 0 Å². The van der Waals surface area contributed by atoms with Crippen molar-refractivity contribution in [3.8, 4) is 11.8 Å². The van der Waals surface area contributed by atoms with Gasteiger partial charge in [-0.3, -0.25) is 0 Å². The van der Waals surface area contributed by atoms with E-state index in [-0.39, 0.29) is 24.4 Å². The van der Waals surface area contributed by atoms with E-state index in [1.54, 1.807) is 0 Å². The summed E-state index contributed by atoms with van der Waals surface area (Å²) in [5, 5.41) is 0. The van der Waals surface area contributed by atoms with Crippen molar-refractivity contribution >= 4 is 0 Å². The highest BCUT2D eigenvalue weighted by Gasteiger charge is 2.02. The normalized spacial score (nSPS) is 15.1. The van der Waals surface area contributed by atoms with Crippen LogP contribution in [0.4, 0.5) is 0 Å². The number of rotatable bonds is 4. The van der Waals surface area contributed by atoms with Crippen molar-refractivity contribution in [2.75, 3.05) is 0 Å². The van der Waals surface area contributed by atoms with Gasteiger partial charge in [0.05, 0.1) is 12.2 Å². The van der Waals surface area contributed by atoms with Gasteiger partial charge in [-0.25, -0.2) is 0 Å². The predicted molar refractivity (Wildman–Crippen MR) is 59.1 cm³/mol. The van der Waals surface area contributed by atoms with E-state index < -0.39 is 0 Å². The van der Waals surface area contributed by atoms with Crippen LogP contribution < -0.4 is 0 Å². The lowest BCUT2D eigenvalue weighted by atomic mass is 10.3. The lowest BCUT2D eigenvalue weighted by Gasteiger charge is -2.12. The zero-order chi connectivity index (χ0) is 11.1. The summed E-state index contributed by atoms with van der Waals surface area (Å²) in [6.07, 6.45) is 0.405. The average molecular weight is 198 g/mol. The summed E-state index contributed by atoms with van der Waals surface area (Å²) in [7, 11) is 0. The Kier molecular flexibility index (Phi) is 6.61. The molecule has 0 spiro atoms. The Balaban J connectivity index is 3.89. The molecule has 0 rings (SSSR count). The van der Waals surface area contributed by atoms with E-state index in [1.165, 1.54) is 0 Å². The SMILES string of the molecule is CC(C)OC(C)C#CC(C)OC(C)C. The number of ether oxygens (including phenoxy) is 2. The second kappa shape index (κ2) is 6.86. The monoisotopic (exact) mass is 198 g/mol. The summed E-state index contributed by atoms with van der Waals surface area (Å²) in [4.78, 5) is 0. The molecule has 0 saturated carbocycles. The summed E-state index contributed by atoms with van der Waals surface area (Å²) < 4.78 is 11.0. The molecule has 0 aliphatic rings. The molecule has 2 nitrogen and oxygen atoms in total. The van der Waals surface area contributed by atoms with Crippen molar-refractivity contribution in [3.05, 3.63) is 0 Å². The molecule has 82 valence electrons. The Bertz CT molecular complexity index is 178. The molecule has 0 saturated heterocycles. The van der Waals surface area contributed by atoms with Crippen LogP contribution in [0.25, 0.3) is 0 Å². The standard InChI is InChI=1S/C12H22O2/c1-9(2)13-11(5)7-8-12(6)14-10(3)4/h9-12H,1-6H3. The first-order chi connectivity index (χ1) is 6.41. The van der Waals surface area contributed by atoms with E-state index in [1.807, 2.05) is 41.5 Å². The fourth-order valence-corrected chi connectivity index (χ4v) is 1.12. The zero-order valence-corrected chi connectivity index (χ0v) is 10.1. The average Bonchev–Trinajstić information content (AvgIpc) is 1.98. The van der Waals surface area contributed by atoms with Gasteiger partial charge in [-0.2, -0.15) is 0 Å². The van der Waals surface area contributed by atoms with Crippen molar-refractivity contribution in [2.45, 2.75) is 66.0 Å². The maximum atomic E-state index is 5.48. The van der Waals surface area contributed by atoms with Gasteiger partial charge in [0.25, 0.3) is 0 Å². The smallest absolute Gasteiger partial charge is 0.115 e. The van der Waals surface area contributed by atoms with Gasteiger partial charge in [-0.15, -0.1) is 0 Å². The topological polar surface area (TPSA) is 18.5 Å². The predicted octanol–water partition coefficient (Wildman–Crippen LogP) is 2.62. The summed E-state index contributed by atoms with van der Waals surface area (Å²) in [5.74, 6) is 6.04. The molecule has 2 heteroatoms. The lowest BCUT2D eigenvalue weighted by Crippen LogP contribution is -2.15. The van der Waals surface area contributed by atoms with Crippen molar-refractivity contribution in [3.63, 3.8) is 0 Å². The second-order valence-corrected chi connectivity index (χ2v) is 3.94. The van der Waals surface area contributed by atoms with Crippen molar-refractivity contribution < 1.29 is 9.47 Å². The van der Waals surface area contributed by atoms with Crippen LogP contribution in [0.5, 0.6) is 0 Å². The maximum Gasteiger partial charge on any atom is 0.115 e. The molecule has 2 unspecified atom stereocenters. The molecule has 0 aliphatic carbocycles. The molecule has 0 radical (unpaired) electrons. The van der Waals surface area contributed by atoms with Crippen LogP contribution in [0, 0.1) is 11.8 Å². The summed E-state index contributed by atoms with van der Waals surface area (Å²) in [5.41, 5.74) is 0. The van der Waals surface area contributed by atoms with Crippen molar-refractivity contribution in [1.29, 1.82) is 0 Å². The third-order valence-electron chi connectivity index (χ3n) is 1.44. The van der Waals surface area contributed by atoms with E-state index in [9.17, 15) is 0 Å². The third kappa shape index (κ3) is 8.10. The molecular weight excluding hydrogens is 176 g/mol. The van der Waals surface area contributed by atoms with E-state index >= 15 is 0 Å². The Morgan fingerprint density at radius 2 is 0.929 bits per heavy atom. The molecule has 0 fully saturated rings. The minimum atomic E-state index is -0.0202. The zero-order valence-electron chi connectivity index (χ0n) is 10.1. The molecule has 14 heavy (non-hydrogen) atoms.